The summed E-state index contributed by atoms with van der Waals surface area (Å²) in [5.74, 6) is 2.02. The van der Waals surface area contributed by atoms with Crippen molar-refractivity contribution in [1.29, 1.82) is 0 Å². The molecular weight excluding hydrogens is 366 g/mol. The topological polar surface area (TPSA) is 70.5 Å². The van der Waals surface area contributed by atoms with Gasteiger partial charge in [-0.25, -0.2) is 0 Å². The number of rotatable bonds is 8. The quantitative estimate of drug-likeness (QED) is 0.607. The molecule has 1 fully saturated rings. The maximum atomic E-state index is 12.6. The summed E-state index contributed by atoms with van der Waals surface area (Å²) < 4.78 is 11.2. The van der Waals surface area contributed by atoms with E-state index >= 15 is 0 Å². The third-order valence-corrected chi connectivity index (χ3v) is 5.69. The number of nitrogens with one attached hydrogen (secondary N) is 2. The van der Waals surface area contributed by atoms with E-state index in [2.05, 4.69) is 22.1 Å². The number of methoxy groups -OCH3 is 1. The van der Waals surface area contributed by atoms with Crippen molar-refractivity contribution in [1.82, 2.24) is 15.2 Å². The van der Waals surface area contributed by atoms with Gasteiger partial charge in [-0.1, -0.05) is 6.92 Å². The van der Waals surface area contributed by atoms with Gasteiger partial charge >= 0.3 is 0 Å². The lowest BCUT2D eigenvalue weighted by molar-refractivity contribution is 0.0925. The zero-order chi connectivity index (χ0) is 20.2. The van der Waals surface area contributed by atoms with Crippen LogP contribution in [0.1, 0.15) is 47.2 Å². The molecule has 4 rings (SSSR count). The summed E-state index contributed by atoms with van der Waals surface area (Å²) in [6, 6.07) is 7.89. The maximum absolute atomic E-state index is 12.6. The van der Waals surface area contributed by atoms with Crippen molar-refractivity contribution in [3.63, 3.8) is 0 Å². The molecule has 0 bridgehead atoms. The molecule has 1 aromatic carbocycles. The first kappa shape index (κ1) is 19.6. The Kier molecular flexibility index (Phi) is 5.90. The van der Waals surface area contributed by atoms with Crippen LogP contribution in [0.15, 0.2) is 34.9 Å². The lowest BCUT2D eigenvalue weighted by Crippen LogP contribution is -2.25. The van der Waals surface area contributed by atoms with Crippen molar-refractivity contribution in [3.8, 4) is 5.75 Å². The number of H-pyrrole nitrogens is 1. The van der Waals surface area contributed by atoms with Crippen molar-refractivity contribution in [2.45, 2.75) is 39.2 Å². The molecule has 1 amide bonds. The normalized spacial score (nSPS) is 14.6. The highest BCUT2D eigenvalue weighted by molar-refractivity contribution is 5.92. The third kappa shape index (κ3) is 4.32. The number of ether oxygens (including phenoxy) is 1. The fraction of sp³-hybridized carbons (Fsp3) is 0.435. The van der Waals surface area contributed by atoms with Gasteiger partial charge in [0.15, 0.2) is 5.76 Å². The van der Waals surface area contributed by atoms with Crippen LogP contribution in [0.2, 0.25) is 0 Å². The van der Waals surface area contributed by atoms with Crippen LogP contribution in [-0.4, -0.2) is 42.5 Å². The van der Waals surface area contributed by atoms with Crippen molar-refractivity contribution >= 4 is 16.8 Å². The zero-order valence-corrected chi connectivity index (χ0v) is 17.2. The van der Waals surface area contributed by atoms with Crippen molar-refractivity contribution < 1.29 is 13.9 Å². The number of hydrogen-bond donors (Lipinski definition) is 2. The van der Waals surface area contributed by atoms with E-state index in [1.54, 1.807) is 7.11 Å². The molecule has 1 aliphatic rings. The highest BCUT2D eigenvalue weighted by atomic mass is 16.5. The number of carbonyl (C=O) groups excluding carboxylic acids is 1. The molecule has 29 heavy (non-hydrogen) atoms. The maximum Gasteiger partial charge on any atom is 0.287 e. The second-order valence-corrected chi connectivity index (χ2v) is 7.63. The summed E-state index contributed by atoms with van der Waals surface area (Å²) in [7, 11) is 1.67. The SMILES string of the molecule is CCc1oc(C(=O)NCCc2c[nH]c3ccc(OC)cc23)cc1CN1CCCC1. The van der Waals surface area contributed by atoms with Crippen LogP contribution in [0.5, 0.6) is 5.75 Å². The van der Waals surface area contributed by atoms with Gasteiger partial charge in [-0.2, -0.15) is 0 Å². The molecule has 154 valence electrons. The fourth-order valence-electron chi connectivity index (χ4n) is 4.08. The van der Waals surface area contributed by atoms with Gasteiger partial charge in [0.25, 0.3) is 5.91 Å². The Morgan fingerprint density at radius 1 is 1.24 bits per heavy atom. The monoisotopic (exact) mass is 395 g/mol. The van der Waals surface area contributed by atoms with Gasteiger partial charge in [-0.05, 0) is 62.2 Å². The first-order valence-corrected chi connectivity index (χ1v) is 10.4. The molecule has 3 aromatic rings. The molecule has 1 aliphatic heterocycles. The second-order valence-electron chi connectivity index (χ2n) is 7.63. The third-order valence-electron chi connectivity index (χ3n) is 5.69. The number of fused-ring (bicyclic) bond motifs is 1. The average Bonchev–Trinajstić information content (AvgIpc) is 3.48. The number of furan rings is 1. The van der Waals surface area contributed by atoms with Crippen LogP contribution < -0.4 is 10.1 Å². The summed E-state index contributed by atoms with van der Waals surface area (Å²) in [5, 5.41) is 4.12. The molecule has 6 heteroatoms. The van der Waals surface area contributed by atoms with Crippen LogP contribution in [-0.2, 0) is 19.4 Å². The molecule has 0 radical (unpaired) electrons. The Morgan fingerprint density at radius 3 is 2.83 bits per heavy atom. The number of benzene rings is 1. The minimum atomic E-state index is -0.148. The van der Waals surface area contributed by atoms with Gasteiger partial charge in [0.1, 0.15) is 11.5 Å². The first-order chi connectivity index (χ1) is 14.2. The second kappa shape index (κ2) is 8.74. The van der Waals surface area contributed by atoms with Gasteiger partial charge in [0.2, 0.25) is 0 Å². The highest BCUT2D eigenvalue weighted by Crippen LogP contribution is 2.24. The number of hydrogen-bond acceptors (Lipinski definition) is 4. The number of amides is 1. The number of aromatic nitrogens is 1. The smallest absolute Gasteiger partial charge is 0.287 e. The van der Waals surface area contributed by atoms with Gasteiger partial charge in [-0.3, -0.25) is 9.69 Å². The van der Waals surface area contributed by atoms with Gasteiger partial charge in [-0.15, -0.1) is 0 Å². The lowest BCUT2D eigenvalue weighted by Gasteiger charge is -2.13. The summed E-state index contributed by atoms with van der Waals surface area (Å²) in [6.07, 6.45) is 6.04. The molecule has 0 aliphatic carbocycles. The van der Waals surface area contributed by atoms with Crippen molar-refractivity contribution in [2.24, 2.45) is 0 Å². The Labute approximate surface area is 171 Å². The fourth-order valence-corrected chi connectivity index (χ4v) is 4.08. The van der Waals surface area contributed by atoms with Crippen molar-refractivity contribution in [3.05, 3.63) is 53.1 Å². The summed E-state index contributed by atoms with van der Waals surface area (Å²) >= 11 is 0. The molecule has 2 aromatic heterocycles. The van der Waals surface area contributed by atoms with Crippen LogP contribution in [0.3, 0.4) is 0 Å². The van der Waals surface area contributed by atoms with E-state index in [1.807, 2.05) is 30.5 Å². The lowest BCUT2D eigenvalue weighted by atomic mass is 10.1. The Bertz CT molecular complexity index is 983. The van der Waals surface area contributed by atoms with E-state index in [0.29, 0.717) is 12.3 Å². The minimum absolute atomic E-state index is 0.148. The number of likely N-dealkylation sites (tertiary alicyclic amines) is 1. The molecular formula is C23H29N3O3. The van der Waals surface area contributed by atoms with E-state index < -0.39 is 0 Å². The van der Waals surface area contributed by atoms with Crippen molar-refractivity contribution in [2.75, 3.05) is 26.7 Å². The zero-order valence-electron chi connectivity index (χ0n) is 17.2. The van der Waals surface area contributed by atoms with E-state index in [4.69, 9.17) is 9.15 Å². The number of aryl methyl sites for hydroxylation is 1. The predicted octanol–water partition coefficient (Wildman–Crippen LogP) is 3.90. The van der Waals surface area contributed by atoms with E-state index in [1.165, 1.54) is 12.8 Å². The number of carbonyl (C=O) groups is 1. The van der Waals surface area contributed by atoms with Crippen LogP contribution >= 0.6 is 0 Å². The minimum Gasteiger partial charge on any atom is -0.497 e. The van der Waals surface area contributed by atoms with Crippen LogP contribution in [0.4, 0.5) is 0 Å². The van der Waals surface area contributed by atoms with Gasteiger partial charge in [0.05, 0.1) is 7.11 Å². The molecule has 0 spiro atoms. The predicted molar refractivity (Wildman–Crippen MR) is 113 cm³/mol. The summed E-state index contributed by atoms with van der Waals surface area (Å²) in [5.41, 5.74) is 3.36. The molecule has 1 saturated heterocycles. The van der Waals surface area contributed by atoms with Gasteiger partial charge in [0, 0.05) is 42.2 Å². The molecule has 0 saturated carbocycles. The molecule has 3 heterocycles. The summed E-state index contributed by atoms with van der Waals surface area (Å²) in [6.45, 7) is 5.75. The molecule has 0 atom stereocenters. The van der Waals surface area contributed by atoms with Crippen LogP contribution in [0, 0.1) is 0 Å². The Hall–Kier alpha value is -2.73. The number of nitrogens with zero attached hydrogens (tertiary/aromatic N) is 1. The summed E-state index contributed by atoms with van der Waals surface area (Å²) in [4.78, 5) is 18.3. The van der Waals surface area contributed by atoms with E-state index in [-0.39, 0.29) is 5.91 Å². The molecule has 6 nitrogen and oxygen atoms in total. The standard InChI is InChI=1S/C23H29N3O3/c1-3-21-17(15-26-10-4-5-11-26)12-22(29-21)23(27)24-9-8-16-14-25-20-7-6-18(28-2)13-19(16)20/h6-7,12-14,25H,3-5,8-11,15H2,1-2H3,(H,24,27). The average molecular weight is 396 g/mol. The first-order valence-electron chi connectivity index (χ1n) is 10.4. The Balaban J connectivity index is 1.38. The highest BCUT2D eigenvalue weighted by Gasteiger charge is 2.19. The largest absolute Gasteiger partial charge is 0.497 e. The van der Waals surface area contributed by atoms with Crippen LogP contribution in [0.25, 0.3) is 10.9 Å². The Morgan fingerprint density at radius 2 is 2.07 bits per heavy atom. The van der Waals surface area contributed by atoms with Gasteiger partial charge < -0.3 is 19.5 Å². The van der Waals surface area contributed by atoms with E-state index in [9.17, 15) is 4.79 Å². The number of aromatic amines is 1. The molecule has 0 unspecified atom stereocenters. The molecule has 2 N–H and O–H groups in total. The van der Waals surface area contributed by atoms with E-state index in [0.717, 1.165) is 66.0 Å².